The van der Waals surface area contributed by atoms with Gasteiger partial charge in [0.1, 0.15) is 6.04 Å². The fraction of sp³-hybridized carbons (Fsp3) is 0.292. The van der Waals surface area contributed by atoms with Gasteiger partial charge in [-0.2, -0.15) is 0 Å². The van der Waals surface area contributed by atoms with Crippen molar-refractivity contribution in [2.45, 2.75) is 45.8 Å². The molecule has 1 saturated heterocycles. The predicted molar refractivity (Wildman–Crippen MR) is 125 cm³/mol. The Kier molecular flexibility index (Phi) is 5.71. The number of piperidine rings is 1. The van der Waals surface area contributed by atoms with Crippen molar-refractivity contribution in [2.24, 2.45) is 0 Å². The average molecular weight is 489 g/mol. The summed E-state index contributed by atoms with van der Waals surface area (Å²) in [4.78, 5) is 65.7. The molecule has 36 heavy (non-hydrogen) atoms. The number of hydrogen-bond acceptors (Lipinski definition) is 7. The predicted octanol–water partition coefficient (Wildman–Crippen LogP) is 0.263. The first kappa shape index (κ1) is 23.1. The van der Waals surface area contributed by atoms with Crippen LogP contribution in [0.3, 0.4) is 0 Å². The maximum Gasteiger partial charge on any atom is 0.273 e. The third kappa shape index (κ3) is 4.06. The van der Waals surface area contributed by atoms with E-state index in [0.717, 1.165) is 0 Å². The molecule has 0 aliphatic carbocycles. The maximum atomic E-state index is 12.9. The first-order chi connectivity index (χ1) is 17.2. The SMILES string of the molecule is Cc1c[nH]c(CNC(=O)c2cn(-c3ccc4c(c3)CN(C3CCC(=O)NC3=O)C4=O)nn2)c(C)c1=O. The molecule has 1 atom stereocenters. The highest BCUT2D eigenvalue weighted by atomic mass is 16.2. The summed E-state index contributed by atoms with van der Waals surface area (Å²) in [7, 11) is 0. The van der Waals surface area contributed by atoms with Crippen LogP contribution >= 0.6 is 0 Å². The van der Waals surface area contributed by atoms with Gasteiger partial charge in [0.25, 0.3) is 11.8 Å². The summed E-state index contributed by atoms with van der Waals surface area (Å²) in [6, 6.07) is 4.40. The Morgan fingerprint density at radius 2 is 2.00 bits per heavy atom. The van der Waals surface area contributed by atoms with Gasteiger partial charge in [-0.1, -0.05) is 5.21 Å². The molecule has 1 unspecified atom stereocenters. The van der Waals surface area contributed by atoms with Crippen LogP contribution in [0.25, 0.3) is 5.69 Å². The number of pyridine rings is 1. The Labute approximate surface area is 204 Å². The molecule has 1 fully saturated rings. The number of nitrogens with zero attached hydrogens (tertiary/aromatic N) is 4. The van der Waals surface area contributed by atoms with Crippen LogP contribution in [-0.2, 0) is 22.7 Å². The summed E-state index contributed by atoms with van der Waals surface area (Å²) in [6.45, 7) is 3.77. The highest BCUT2D eigenvalue weighted by Crippen LogP contribution is 2.29. The topological polar surface area (TPSA) is 159 Å². The minimum Gasteiger partial charge on any atom is -0.363 e. The highest BCUT2D eigenvalue weighted by Gasteiger charge is 2.39. The van der Waals surface area contributed by atoms with E-state index in [-0.39, 0.29) is 48.9 Å². The number of amides is 4. The van der Waals surface area contributed by atoms with Crippen LogP contribution in [0.1, 0.15) is 56.1 Å². The van der Waals surface area contributed by atoms with Gasteiger partial charge in [-0.15, -0.1) is 5.10 Å². The Balaban J connectivity index is 1.29. The second-order valence-corrected chi connectivity index (χ2v) is 8.88. The maximum absolute atomic E-state index is 12.9. The molecule has 0 saturated carbocycles. The van der Waals surface area contributed by atoms with E-state index in [1.807, 2.05) is 0 Å². The number of imide groups is 1. The summed E-state index contributed by atoms with van der Waals surface area (Å²) < 4.78 is 1.42. The summed E-state index contributed by atoms with van der Waals surface area (Å²) in [5.41, 5.74) is 3.54. The Bertz CT molecular complexity index is 1490. The number of hydrogen-bond donors (Lipinski definition) is 3. The van der Waals surface area contributed by atoms with Crippen LogP contribution in [0.15, 0.2) is 35.4 Å². The smallest absolute Gasteiger partial charge is 0.273 e. The number of carbonyl (C=O) groups excluding carboxylic acids is 4. The van der Waals surface area contributed by atoms with Gasteiger partial charge in [0, 0.05) is 41.5 Å². The van der Waals surface area contributed by atoms with Crippen molar-refractivity contribution in [3.63, 3.8) is 0 Å². The van der Waals surface area contributed by atoms with E-state index in [9.17, 15) is 24.0 Å². The molecule has 12 heteroatoms. The number of rotatable bonds is 5. The van der Waals surface area contributed by atoms with Gasteiger partial charge in [-0.05, 0) is 44.0 Å². The minimum absolute atomic E-state index is 0.0739. The van der Waals surface area contributed by atoms with Gasteiger partial charge in [0.2, 0.25) is 11.8 Å². The molecule has 3 aromatic rings. The second kappa shape index (κ2) is 8.87. The van der Waals surface area contributed by atoms with Crippen LogP contribution in [0, 0.1) is 13.8 Å². The van der Waals surface area contributed by atoms with Crippen molar-refractivity contribution in [2.75, 3.05) is 0 Å². The lowest BCUT2D eigenvalue weighted by Gasteiger charge is -2.29. The van der Waals surface area contributed by atoms with Crippen molar-refractivity contribution < 1.29 is 19.2 Å². The van der Waals surface area contributed by atoms with Gasteiger partial charge >= 0.3 is 0 Å². The molecule has 12 nitrogen and oxygen atoms in total. The molecule has 4 heterocycles. The summed E-state index contributed by atoms with van der Waals surface area (Å²) in [6.07, 6.45) is 3.55. The van der Waals surface area contributed by atoms with Crippen molar-refractivity contribution in [3.8, 4) is 5.69 Å². The fourth-order valence-electron chi connectivity index (χ4n) is 4.44. The molecule has 2 aliphatic heterocycles. The first-order valence-corrected chi connectivity index (χ1v) is 11.4. The molecule has 4 amide bonds. The van der Waals surface area contributed by atoms with Gasteiger partial charge < -0.3 is 15.2 Å². The van der Waals surface area contributed by atoms with Crippen LogP contribution in [-0.4, -0.2) is 54.5 Å². The number of aromatic nitrogens is 4. The Morgan fingerprint density at radius 1 is 1.19 bits per heavy atom. The normalized spacial score (nSPS) is 17.2. The average Bonchev–Trinajstić information content (AvgIpc) is 3.47. The summed E-state index contributed by atoms with van der Waals surface area (Å²) in [5.74, 6) is -1.53. The zero-order valence-electron chi connectivity index (χ0n) is 19.6. The second-order valence-electron chi connectivity index (χ2n) is 8.88. The molecular weight excluding hydrogens is 466 g/mol. The number of aromatic amines is 1. The lowest BCUT2D eigenvalue weighted by molar-refractivity contribution is -0.136. The number of H-pyrrole nitrogens is 1. The van der Waals surface area contributed by atoms with Gasteiger partial charge in [0.05, 0.1) is 18.4 Å². The van der Waals surface area contributed by atoms with Crippen LogP contribution < -0.4 is 16.1 Å². The fourth-order valence-corrected chi connectivity index (χ4v) is 4.44. The molecular formula is C24H23N7O5. The third-order valence-corrected chi connectivity index (χ3v) is 6.54. The van der Waals surface area contributed by atoms with Crippen LogP contribution in [0.4, 0.5) is 0 Å². The highest BCUT2D eigenvalue weighted by molar-refractivity contribution is 6.05. The van der Waals surface area contributed by atoms with Crippen molar-refractivity contribution >= 4 is 23.6 Å². The van der Waals surface area contributed by atoms with Crippen LogP contribution in [0.5, 0.6) is 0 Å². The van der Waals surface area contributed by atoms with E-state index in [0.29, 0.717) is 33.6 Å². The number of benzene rings is 1. The van der Waals surface area contributed by atoms with Crippen molar-refractivity contribution in [1.82, 2.24) is 35.5 Å². The van der Waals surface area contributed by atoms with Crippen LogP contribution in [0.2, 0.25) is 0 Å². The molecule has 5 rings (SSSR count). The summed E-state index contributed by atoms with van der Waals surface area (Å²) in [5, 5.41) is 13.0. The third-order valence-electron chi connectivity index (χ3n) is 6.54. The van der Waals surface area contributed by atoms with Gasteiger partial charge in [-0.25, -0.2) is 4.68 Å². The molecule has 2 aromatic heterocycles. The van der Waals surface area contributed by atoms with E-state index in [1.54, 1.807) is 38.2 Å². The Morgan fingerprint density at radius 3 is 2.78 bits per heavy atom. The Hall–Kier alpha value is -4.61. The van der Waals surface area contributed by atoms with E-state index < -0.39 is 17.9 Å². The van der Waals surface area contributed by atoms with Gasteiger partial charge in [-0.3, -0.25) is 29.3 Å². The number of aryl methyl sites for hydroxylation is 1. The van der Waals surface area contributed by atoms with Gasteiger partial charge in [0.15, 0.2) is 11.1 Å². The molecule has 3 N–H and O–H groups in total. The summed E-state index contributed by atoms with van der Waals surface area (Å²) >= 11 is 0. The van der Waals surface area contributed by atoms with Crippen molar-refractivity contribution in [3.05, 3.63) is 74.5 Å². The number of carbonyl (C=O) groups is 4. The molecule has 1 aromatic carbocycles. The largest absolute Gasteiger partial charge is 0.363 e. The van der Waals surface area contributed by atoms with E-state index in [2.05, 4.69) is 25.9 Å². The molecule has 2 aliphatic rings. The molecule has 0 spiro atoms. The number of nitrogens with one attached hydrogen (secondary N) is 3. The van der Waals surface area contributed by atoms with Crippen molar-refractivity contribution in [1.29, 1.82) is 0 Å². The zero-order valence-corrected chi connectivity index (χ0v) is 19.6. The quantitative estimate of drug-likeness (QED) is 0.434. The standard InChI is InChI=1S/C24H23N7O5/c1-12-8-25-17(13(2)21(12)33)9-26-22(34)18-11-31(29-28-18)15-3-4-16-14(7-15)10-30(24(16)36)19-5-6-20(32)27-23(19)35/h3-4,7-8,11,19H,5-6,9-10H2,1-2H3,(H,25,33)(H,26,34)(H,27,32,35). The van der Waals surface area contributed by atoms with E-state index in [1.165, 1.54) is 15.8 Å². The molecule has 0 bridgehead atoms. The molecule has 184 valence electrons. The van der Waals surface area contributed by atoms with E-state index >= 15 is 0 Å². The lowest BCUT2D eigenvalue weighted by Crippen LogP contribution is -2.52. The lowest BCUT2D eigenvalue weighted by atomic mass is 10.0. The number of fused-ring (bicyclic) bond motifs is 1. The minimum atomic E-state index is -0.695. The van der Waals surface area contributed by atoms with E-state index in [4.69, 9.17) is 0 Å². The monoisotopic (exact) mass is 489 g/mol. The molecule has 0 radical (unpaired) electrons. The first-order valence-electron chi connectivity index (χ1n) is 11.4. The zero-order chi connectivity index (χ0) is 25.6.